The molecule has 2 unspecified atom stereocenters. The number of benzene rings is 1. The smallest absolute Gasteiger partial charge is 0.238 e. The summed E-state index contributed by atoms with van der Waals surface area (Å²) in [6.45, 7) is 0. The average molecular weight is 273 g/mol. The Morgan fingerprint density at radius 2 is 1.78 bits per heavy atom. The zero-order valence-corrected chi connectivity index (χ0v) is 10.7. The van der Waals surface area contributed by atoms with Crippen molar-refractivity contribution in [1.82, 2.24) is 0 Å². The van der Waals surface area contributed by atoms with Crippen molar-refractivity contribution in [2.45, 2.75) is 37.0 Å². The Balaban J connectivity index is 2.13. The highest BCUT2D eigenvalue weighted by Crippen LogP contribution is 2.25. The van der Waals surface area contributed by atoms with Crippen molar-refractivity contribution < 1.29 is 17.9 Å². The van der Waals surface area contributed by atoms with E-state index in [1.807, 2.05) is 0 Å². The van der Waals surface area contributed by atoms with Crippen LogP contribution in [0.2, 0.25) is 0 Å². The topological polar surface area (TPSA) is 66.4 Å². The molecule has 1 aliphatic rings. The van der Waals surface area contributed by atoms with Crippen LogP contribution < -0.4 is 4.72 Å². The van der Waals surface area contributed by atoms with Gasteiger partial charge in [-0.3, -0.25) is 4.72 Å². The molecule has 2 N–H and O–H groups in total. The number of hydrogen-bond acceptors (Lipinski definition) is 3. The largest absolute Gasteiger partial charge is 0.392 e. The van der Waals surface area contributed by atoms with Gasteiger partial charge in [-0.2, -0.15) is 0 Å². The first-order valence-electron chi connectivity index (χ1n) is 5.94. The highest BCUT2D eigenvalue weighted by atomic mass is 32.2. The fourth-order valence-corrected chi connectivity index (χ4v) is 3.84. The molecule has 0 amide bonds. The fraction of sp³-hybridized carbons (Fsp3) is 0.500. The van der Waals surface area contributed by atoms with Crippen LogP contribution in [0.5, 0.6) is 0 Å². The van der Waals surface area contributed by atoms with Gasteiger partial charge in [-0.05, 0) is 37.1 Å². The fourth-order valence-electron chi connectivity index (χ4n) is 2.20. The van der Waals surface area contributed by atoms with E-state index in [2.05, 4.69) is 4.72 Å². The van der Waals surface area contributed by atoms with Crippen LogP contribution >= 0.6 is 0 Å². The van der Waals surface area contributed by atoms with E-state index in [-0.39, 0.29) is 0 Å². The number of sulfonamides is 1. The maximum Gasteiger partial charge on any atom is 0.238 e. The predicted molar refractivity (Wildman–Crippen MR) is 67.2 cm³/mol. The minimum absolute atomic E-state index is 0.314. The van der Waals surface area contributed by atoms with Gasteiger partial charge in [-0.1, -0.05) is 12.8 Å². The van der Waals surface area contributed by atoms with Gasteiger partial charge in [0.05, 0.1) is 6.10 Å². The lowest BCUT2D eigenvalue weighted by Crippen LogP contribution is -2.40. The van der Waals surface area contributed by atoms with Gasteiger partial charge in [0.2, 0.25) is 10.0 Å². The third-order valence-corrected chi connectivity index (χ3v) is 5.04. The van der Waals surface area contributed by atoms with E-state index in [1.54, 1.807) is 0 Å². The highest BCUT2D eigenvalue weighted by Gasteiger charge is 2.34. The van der Waals surface area contributed by atoms with E-state index in [4.69, 9.17) is 0 Å². The molecule has 0 radical (unpaired) electrons. The minimum Gasteiger partial charge on any atom is -0.392 e. The first-order valence-corrected chi connectivity index (χ1v) is 7.49. The Morgan fingerprint density at radius 3 is 2.39 bits per heavy atom. The molecule has 0 bridgehead atoms. The third kappa shape index (κ3) is 3.00. The van der Waals surface area contributed by atoms with Crippen LogP contribution in [0.25, 0.3) is 0 Å². The van der Waals surface area contributed by atoms with Crippen LogP contribution in [0.15, 0.2) is 24.3 Å². The van der Waals surface area contributed by atoms with Gasteiger partial charge in [0.1, 0.15) is 11.1 Å². The maximum absolute atomic E-state index is 12.7. The second kappa shape index (κ2) is 5.24. The molecule has 0 saturated heterocycles. The van der Waals surface area contributed by atoms with Crippen LogP contribution in [-0.2, 0) is 10.0 Å². The van der Waals surface area contributed by atoms with Crippen molar-refractivity contribution in [1.29, 1.82) is 0 Å². The average Bonchev–Trinajstić information content (AvgIpc) is 2.32. The molecule has 2 rings (SSSR count). The van der Waals surface area contributed by atoms with Gasteiger partial charge >= 0.3 is 0 Å². The first-order chi connectivity index (χ1) is 8.49. The summed E-state index contributed by atoms with van der Waals surface area (Å²) in [5.41, 5.74) is 0.314. The van der Waals surface area contributed by atoms with Crippen LogP contribution in [0.3, 0.4) is 0 Å². The zero-order valence-electron chi connectivity index (χ0n) is 9.84. The van der Waals surface area contributed by atoms with Crippen molar-refractivity contribution in [3.63, 3.8) is 0 Å². The lowest BCUT2D eigenvalue weighted by Gasteiger charge is -2.27. The van der Waals surface area contributed by atoms with Gasteiger partial charge in [-0.25, -0.2) is 12.8 Å². The van der Waals surface area contributed by atoms with Gasteiger partial charge < -0.3 is 5.11 Å². The molecule has 4 nitrogen and oxygen atoms in total. The van der Waals surface area contributed by atoms with Gasteiger partial charge in [0, 0.05) is 5.69 Å². The summed E-state index contributed by atoms with van der Waals surface area (Å²) in [5, 5.41) is 8.97. The van der Waals surface area contributed by atoms with Crippen LogP contribution in [0.1, 0.15) is 25.7 Å². The van der Waals surface area contributed by atoms with E-state index >= 15 is 0 Å². The molecule has 100 valence electrons. The van der Waals surface area contributed by atoms with Crippen molar-refractivity contribution in [3.8, 4) is 0 Å². The second-order valence-electron chi connectivity index (χ2n) is 4.54. The molecule has 1 fully saturated rings. The summed E-state index contributed by atoms with van der Waals surface area (Å²) >= 11 is 0. The summed E-state index contributed by atoms with van der Waals surface area (Å²) < 4.78 is 39.3. The van der Waals surface area contributed by atoms with Crippen molar-refractivity contribution >= 4 is 15.7 Å². The Morgan fingerprint density at radius 1 is 1.17 bits per heavy atom. The van der Waals surface area contributed by atoms with Gasteiger partial charge in [-0.15, -0.1) is 0 Å². The lowest BCUT2D eigenvalue weighted by molar-refractivity contribution is 0.133. The molecule has 0 heterocycles. The third-order valence-electron chi connectivity index (χ3n) is 3.17. The Kier molecular flexibility index (Phi) is 3.87. The molecule has 1 aromatic rings. The van der Waals surface area contributed by atoms with Crippen molar-refractivity contribution in [3.05, 3.63) is 30.1 Å². The number of aliphatic hydroxyl groups is 1. The Labute approximate surface area is 106 Å². The van der Waals surface area contributed by atoms with Crippen LogP contribution in [-0.4, -0.2) is 24.9 Å². The van der Waals surface area contributed by atoms with Gasteiger partial charge in [0.15, 0.2) is 0 Å². The highest BCUT2D eigenvalue weighted by molar-refractivity contribution is 7.93. The SMILES string of the molecule is O=S(=O)(Nc1ccc(F)cc1)C1CCCCC1O. The Bertz CT molecular complexity index is 501. The Hall–Kier alpha value is -1.14. The molecule has 0 aromatic heterocycles. The zero-order chi connectivity index (χ0) is 13.2. The summed E-state index contributed by atoms with van der Waals surface area (Å²) in [6, 6.07) is 5.11. The van der Waals surface area contributed by atoms with E-state index in [0.717, 1.165) is 12.8 Å². The van der Waals surface area contributed by atoms with Crippen LogP contribution in [0, 0.1) is 5.82 Å². The summed E-state index contributed by atoms with van der Waals surface area (Å²) in [5.74, 6) is -0.421. The number of halogens is 1. The van der Waals surface area contributed by atoms with Crippen molar-refractivity contribution in [2.24, 2.45) is 0 Å². The molecule has 6 heteroatoms. The minimum atomic E-state index is -3.62. The molecule has 1 saturated carbocycles. The van der Waals surface area contributed by atoms with E-state index in [9.17, 15) is 17.9 Å². The standard InChI is InChI=1S/C12H16FNO3S/c13-9-5-7-10(8-6-9)14-18(16,17)12-4-2-1-3-11(12)15/h5-8,11-12,14-15H,1-4H2. The number of aliphatic hydroxyl groups excluding tert-OH is 1. The molecule has 1 aromatic carbocycles. The molecular formula is C12H16FNO3S. The molecule has 0 spiro atoms. The van der Waals surface area contributed by atoms with E-state index in [1.165, 1.54) is 24.3 Å². The second-order valence-corrected chi connectivity index (χ2v) is 6.44. The molecule has 18 heavy (non-hydrogen) atoms. The molecule has 1 aliphatic carbocycles. The van der Waals surface area contributed by atoms with E-state index in [0.29, 0.717) is 18.5 Å². The number of nitrogens with one attached hydrogen (secondary N) is 1. The quantitative estimate of drug-likeness (QED) is 0.883. The van der Waals surface area contributed by atoms with Gasteiger partial charge in [0.25, 0.3) is 0 Å². The van der Waals surface area contributed by atoms with E-state index < -0.39 is 27.2 Å². The monoisotopic (exact) mass is 273 g/mol. The predicted octanol–water partition coefficient (Wildman–Crippen LogP) is 1.87. The number of rotatable bonds is 3. The summed E-state index contributed by atoms with van der Waals surface area (Å²) in [6.07, 6.45) is 1.79. The van der Waals surface area contributed by atoms with Crippen LogP contribution in [0.4, 0.5) is 10.1 Å². The molecular weight excluding hydrogens is 257 g/mol. The number of anilines is 1. The molecule has 2 atom stereocenters. The number of hydrogen-bond donors (Lipinski definition) is 2. The maximum atomic E-state index is 12.7. The lowest BCUT2D eigenvalue weighted by atomic mass is 9.97. The molecule has 0 aliphatic heterocycles. The normalized spacial score (nSPS) is 24.8. The first kappa shape index (κ1) is 13.3. The summed E-state index contributed by atoms with van der Waals surface area (Å²) in [7, 11) is -3.62. The summed E-state index contributed by atoms with van der Waals surface area (Å²) in [4.78, 5) is 0. The van der Waals surface area contributed by atoms with Crippen molar-refractivity contribution in [2.75, 3.05) is 4.72 Å².